The topological polar surface area (TPSA) is 12.0 Å². The van der Waals surface area contributed by atoms with Crippen molar-refractivity contribution in [2.75, 3.05) is 6.54 Å². The lowest BCUT2D eigenvalue weighted by molar-refractivity contribution is 0.541. The summed E-state index contributed by atoms with van der Waals surface area (Å²) in [6.45, 7) is 5.18. The van der Waals surface area contributed by atoms with Crippen molar-refractivity contribution in [1.82, 2.24) is 5.32 Å². The van der Waals surface area contributed by atoms with E-state index < -0.39 is 0 Å². The molecular weight excluding hydrogens is 213 g/mol. The fraction of sp³-hybridized carbons (Fsp3) is 0.500. The van der Waals surface area contributed by atoms with E-state index in [0.29, 0.717) is 6.04 Å². The van der Waals surface area contributed by atoms with Crippen LogP contribution in [0.15, 0.2) is 18.2 Å². The third kappa shape index (κ3) is 3.80. The van der Waals surface area contributed by atoms with Gasteiger partial charge in [-0.15, -0.1) is 0 Å². The number of nitrogens with one attached hydrogen (secondary N) is 1. The largest absolute Gasteiger partial charge is 0.314 e. The summed E-state index contributed by atoms with van der Waals surface area (Å²) in [6.07, 6.45) is 1.86. The molecule has 1 unspecified atom stereocenters. The molecule has 3 heteroatoms. The van der Waals surface area contributed by atoms with Crippen molar-refractivity contribution in [2.24, 2.45) is 0 Å². The number of halogens is 2. The molecule has 84 valence electrons. The molecule has 0 radical (unpaired) electrons. The Morgan fingerprint density at radius 3 is 2.87 bits per heavy atom. The zero-order valence-electron chi connectivity index (χ0n) is 9.19. The van der Waals surface area contributed by atoms with Crippen molar-refractivity contribution in [1.29, 1.82) is 0 Å². The molecule has 1 atom stereocenters. The Balaban J connectivity index is 2.60. The van der Waals surface area contributed by atoms with E-state index in [0.717, 1.165) is 24.9 Å². The highest BCUT2D eigenvalue weighted by molar-refractivity contribution is 6.31. The molecule has 0 aliphatic rings. The van der Waals surface area contributed by atoms with Gasteiger partial charge >= 0.3 is 0 Å². The molecule has 0 aliphatic heterocycles. The Morgan fingerprint density at radius 2 is 2.20 bits per heavy atom. The highest BCUT2D eigenvalue weighted by Crippen LogP contribution is 2.20. The number of rotatable bonds is 5. The SMILES string of the molecule is CCCNC(C)Cc1cccc(F)c1Cl. The van der Waals surface area contributed by atoms with Gasteiger partial charge in [0.15, 0.2) is 0 Å². The molecule has 0 aromatic heterocycles. The van der Waals surface area contributed by atoms with Crippen LogP contribution in [0.1, 0.15) is 25.8 Å². The second-order valence-electron chi connectivity index (χ2n) is 3.77. The van der Waals surface area contributed by atoms with Gasteiger partial charge in [-0.05, 0) is 37.9 Å². The van der Waals surface area contributed by atoms with Crippen LogP contribution in [0.3, 0.4) is 0 Å². The first-order chi connectivity index (χ1) is 7.15. The second-order valence-corrected chi connectivity index (χ2v) is 4.15. The summed E-state index contributed by atoms with van der Waals surface area (Å²) in [4.78, 5) is 0. The fourth-order valence-electron chi connectivity index (χ4n) is 1.50. The first-order valence-electron chi connectivity index (χ1n) is 5.31. The van der Waals surface area contributed by atoms with Gasteiger partial charge in [0, 0.05) is 6.04 Å². The standard InChI is InChI=1S/C12H17ClFN/c1-3-7-15-9(2)8-10-5-4-6-11(14)12(10)13/h4-6,9,15H,3,7-8H2,1-2H3. The predicted molar refractivity (Wildman–Crippen MR) is 62.9 cm³/mol. The predicted octanol–water partition coefficient (Wildman–Crippen LogP) is 3.41. The number of hydrogen-bond donors (Lipinski definition) is 1. The molecule has 0 saturated carbocycles. The van der Waals surface area contributed by atoms with Crippen LogP contribution < -0.4 is 5.32 Å². The lowest BCUT2D eigenvalue weighted by Gasteiger charge is -2.14. The molecule has 1 N–H and O–H groups in total. The first kappa shape index (κ1) is 12.5. The van der Waals surface area contributed by atoms with E-state index in [1.54, 1.807) is 6.07 Å². The zero-order chi connectivity index (χ0) is 11.3. The third-order valence-corrected chi connectivity index (χ3v) is 2.72. The van der Waals surface area contributed by atoms with Crippen molar-refractivity contribution in [2.45, 2.75) is 32.7 Å². The number of benzene rings is 1. The maximum Gasteiger partial charge on any atom is 0.142 e. The van der Waals surface area contributed by atoms with Crippen molar-refractivity contribution >= 4 is 11.6 Å². The van der Waals surface area contributed by atoms with Gasteiger partial charge in [0.25, 0.3) is 0 Å². The molecular formula is C12H17ClFN. The van der Waals surface area contributed by atoms with E-state index in [9.17, 15) is 4.39 Å². The molecule has 1 rings (SSSR count). The van der Waals surface area contributed by atoms with Crippen LogP contribution in [-0.4, -0.2) is 12.6 Å². The van der Waals surface area contributed by atoms with Crippen molar-refractivity contribution < 1.29 is 4.39 Å². The highest BCUT2D eigenvalue weighted by atomic mass is 35.5. The van der Waals surface area contributed by atoms with Crippen LogP contribution in [0.4, 0.5) is 4.39 Å². The Bertz CT molecular complexity index is 314. The van der Waals surface area contributed by atoms with Crippen LogP contribution in [0.5, 0.6) is 0 Å². The minimum Gasteiger partial charge on any atom is -0.314 e. The van der Waals surface area contributed by atoms with Crippen molar-refractivity contribution in [3.05, 3.63) is 34.6 Å². The lowest BCUT2D eigenvalue weighted by atomic mass is 10.1. The maximum atomic E-state index is 13.1. The minimum absolute atomic E-state index is 0.252. The molecule has 0 aliphatic carbocycles. The molecule has 15 heavy (non-hydrogen) atoms. The summed E-state index contributed by atoms with van der Waals surface area (Å²) < 4.78 is 13.1. The average molecular weight is 230 g/mol. The summed E-state index contributed by atoms with van der Waals surface area (Å²) >= 11 is 5.87. The van der Waals surface area contributed by atoms with Crippen LogP contribution in [0, 0.1) is 5.82 Å². The normalized spacial score (nSPS) is 12.8. The summed E-state index contributed by atoms with van der Waals surface area (Å²) in [5.41, 5.74) is 0.868. The van der Waals surface area contributed by atoms with Crippen LogP contribution in [0.2, 0.25) is 5.02 Å². The fourth-order valence-corrected chi connectivity index (χ4v) is 1.70. The lowest BCUT2D eigenvalue weighted by Crippen LogP contribution is -2.28. The molecule has 1 aromatic carbocycles. The Kier molecular flexibility index (Phi) is 5.06. The Labute approximate surface area is 95.6 Å². The molecule has 0 amide bonds. The maximum absolute atomic E-state index is 13.1. The Hall–Kier alpha value is -0.600. The molecule has 0 spiro atoms. The van der Waals surface area contributed by atoms with E-state index in [2.05, 4.69) is 19.2 Å². The molecule has 0 heterocycles. The molecule has 0 bridgehead atoms. The smallest absolute Gasteiger partial charge is 0.142 e. The first-order valence-corrected chi connectivity index (χ1v) is 5.69. The minimum atomic E-state index is -0.336. The number of hydrogen-bond acceptors (Lipinski definition) is 1. The highest BCUT2D eigenvalue weighted by Gasteiger charge is 2.08. The van der Waals surface area contributed by atoms with Gasteiger partial charge < -0.3 is 5.32 Å². The van der Waals surface area contributed by atoms with E-state index in [4.69, 9.17) is 11.6 Å². The van der Waals surface area contributed by atoms with Gasteiger partial charge in [0.1, 0.15) is 5.82 Å². The average Bonchev–Trinajstić information content (AvgIpc) is 2.22. The van der Waals surface area contributed by atoms with Gasteiger partial charge in [0.05, 0.1) is 5.02 Å². The summed E-state index contributed by atoms with van der Waals surface area (Å²) in [7, 11) is 0. The van der Waals surface area contributed by atoms with Gasteiger partial charge in [-0.3, -0.25) is 0 Å². The molecule has 0 fully saturated rings. The summed E-state index contributed by atoms with van der Waals surface area (Å²) in [6, 6.07) is 5.28. The molecule has 1 aromatic rings. The van der Waals surface area contributed by atoms with Crippen molar-refractivity contribution in [3.63, 3.8) is 0 Å². The van der Waals surface area contributed by atoms with E-state index in [1.165, 1.54) is 6.07 Å². The zero-order valence-corrected chi connectivity index (χ0v) is 9.94. The molecule has 1 nitrogen and oxygen atoms in total. The van der Waals surface area contributed by atoms with Crippen LogP contribution in [0.25, 0.3) is 0 Å². The summed E-state index contributed by atoms with van der Waals surface area (Å²) in [5, 5.41) is 3.60. The van der Waals surface area contributed by atoms with Gasteiger partial charge in [-0.1, -0.05) is 30.7 Å². The second kappa shape index (κ2) is 6.09. The van der Waals surface area contributed by atoms with Crippen LogP contribution in [-0.2, 0) is 6.42 Å². The van der Waals surface area contributed by atoms with E-state index in [-0.39, 0.29) is 10.8 Å². The van der Waals surface area contributed by atoms with Crippen molar-refractivity contribution in [3.8, 4) is 0 Å². The van der Waals surface area contributed by atoms with Gasteiger partial charge in [-0.2, -0.15) is 0 Å². The van der Waals surface area contributed by atoms with Crippen LogP contribution >= 0.6 is 11.6 Å². The van der Waals surface area contributed by atoms with E-state index >= 15 is 0 Å². The van der Waals surface area contributed by atoms with Gasteiger partial charge in [-0.25, -0.2) is 4.39 Å². The van der Waals surface area contributed by atoms with Gasteiger partial charge in [0.2, 0.25) is 0 Å². The molecule has 0 saturated heterocycles. The summed E-state index contributed by atoms with van der Waals surface area (Å²) in [5.74, 6) is -0.336. The van der Waals surface area contributed by atoms with E-state index in [1.807, 2.05) is 6.07 Å². The third-order valence-electron chi connectivity index (χ3n) is 2.30. The quantitative estimate of drug-likeness (QED) is 0.816. The monoisotopic (exact) mass is 229 g/mol. The Morgan fingerprint density at radius 1 is 1.47 bits per heavy atom.